The van der Waals surface area contributed by atoms with E-state index in [0.717, 1.165) is 62.9 Å². The highest BCUT2D eigenvalue weighted by molar-refractivity contribution is 6.23. The van der Waals surface area contributed by atoms with E-state index in [2.05, 4.69) is 438 Å². The summed E-state index contributed by atoms with van der Waals surface area (Å²) in [4.78, 5) is 12.4. The molecule has 0 saturated carbocycles. The SMILES string of the molecule is CC1(C)c2ccccc2-c2ccc(N(c3ccc(-c4ccccc4)cc3)c3ccc(-c4ccc5c(c4)c4ccccc4n5-c4ccccc4)cc3)cc21.[C-]#[N+]C(C#N)=c1c(F)c(F)c(=C(C#N)[N+]#[C-])c(F)c1F.c1ccc(-n2c(-c3ccc(-c4ccc5c(-c6ccc7ccccc7c6)c6ccccc6c(-c6ccc7ccccc7c6)c5c4)cc3)nc3ccccc32)cc1. The van der Waals surface area contributed by atoms with Crippen molar-refractivity contribution in [3.63, 3.8) is 0 Å². The third kappa shape index (κ3) is 14.0. The quantitative estimate of drug-likeness (QED) is 0.0559. The molecular formula is C116H72F4N8. The fourth-order valence-electron chi connectivity index (χ4n) is 18.4. The van der Waals surface area contributed by atoms with Crippen LogP contribution in [0, 0.1) is 59.1 Å². The van der Waals surface area contributed by atoms with Gasteiger partial charge in [-0.25, -0.2) is 42.8 Å². The Morgan fingerprint density at radius 2 is 0.703 bits per heavy atom. The van der Waals surface area contributed by atoms with Gasteiger partial charge in [0, 0.05) is 50.2 Å². The molecule has 0 atom stereocenters. The number of benzene rings is 19. The van der Waals surface area contributed by atoms with Gasteiger partial charge in [-0.15, -0.1) is 0 Å². The smallest absolute Gasteiger partial charge is 0.275 e. The molecule has 0 N–H and O–H groups in total. The number of hydrogen-bond acceptors (Lipinski definition) is 4. The zero-order valence-electron chi connectivity index (χ0n) is 69.2. The summed E-state index contributed by atoms with van der Waals surface area (Å²) in [6, 6.07) is 148. The molecular weight excluding hydrogens is 1580 g/mol. The van der Waals surface area contributed by atoms with Crippen molar-refractivity contribution in [2.24, 2.45) is 0 Å². The number of nitrogens with zero attached hydrogens (tertiary/aromatic N) is 8. The Hall–Kier alpha value is -17.3. The van der Waals surface area contributed by atoms with Gasteiger partial charge in [-0.3, -0.25) is 4.57 Å². The Labute approximate surface area is 735 Å². The molecule has 1 aliphatic carbocycles. The molecule has 2 heterocycles. The van der Waals surface area contributed by atoms with E-state index in [1.54, 1.807) is 0 Å². The van der Waals surface area contributed by atoms with E-state index in [-0.39, 0.29) is 5.41 Å². The number of hydrogen-bond donors (Lipinski definition) is 0. The average molecular weight is 1650 g/mol. The van der Waals surface area contributed by atoms with Crippen LogP contribution in [0.5, 0.6) is 0 Å². The second-order valence-corrected chi connectivity index (χ2v) is 32.1. The topological polar surface area (TPSA) is 82.3 Å². The summed E-state index contributed by atoms with van der Waals surface area (Å²) < 4.78 is 59.2. The lowest BCUT2D eigenvalue weighted by molar-refractivity contribution is 0.434. The number of nitriles is 2. The molecule has 0 spiro atoms. The highest BCUT2D eigenvalue weighted by Gasteiger charge is 2.36. The van der Waals surface area contributed by atoms with Crippen LogP contribution in [0.3, 0.4) is 0 Å². The fraction of sp³-hybridized carbons (Fsp3) is 0.0259. The van der Waals surface area contributed by atoms with Gasteiger partial charge in [0.25, 0.3) is 11.4 Å². The summed E-state index contributed by atoms with van der Waals surface area (Å²) >= 11 is 0. The van der Waals surface area contributed by atoms with Gasteiger partial charge < -0.3 is 9.47 Å². The summed E-state index contributed by atoms with van der Waals surface area (Å²) in [7, 11) is 0. The number of rotatable bonds is 11. The molecule has 21 aromatic rings. The van der Waals surface area contributed by atoms with E-state index < -0.39 is 45.1 Å². The van der Waals surface area contributed by atoms with E-state index >= 15 is 0 Å². The summed E-state index contributed by atoms with van der Waals surface area (Å²) in [5, 5.41) is 26.5. The van der Waals surface area contributed by atoms with E-state index in [9.17, 15) is 17.6 Å². The van der Waals surface area contributed by atoms with Crippen molar-refractivity contribution >= 4 is 104 Å². The molecule has 0 unspecified atom stereocenters. The van der Waals surface area contributed by atoms with Gasteiger partial charge in [-0.2, -0.15) is 0 Å². The maximum Gasteiger partial charge on any atom is 0.275 e. The van der Waals surface area contributed by atoms with Crippen molar-refractivity contribution in [3.8, 4) is 102 Å². The maximum absolute atomic E-state index is 13.6. The van der Waals surface area contributed by atoms with Gasteiger partial charge in [0.05, 0.1) is 57.8 Å². The highest BCUT2D eigenvalue weighted by Crippen LogP contribution is 2.52. The first-order valence-electron chi connectivity index (χ1n) is 41.9. The molecule has 22 rings (SSSR count). The molecule has 0 bridgehead atoms. The number of fused-ring (bicyclic) bond motifs is 11. The van der Waals surface area contributed by atoms with Crippen molar-refractivity contribution < 1.29 is 17.6 Å². The van der Waals surface area contributed by atoms with Gasteiger partial charge in [0.2, 0.25) is 0 Å². The van der Waals surface area contributed by atoms with Gasteiger partial charge in [0.1, 0.15) is 5.82 Å². The Morgan fingerprint density at radius 1 is 0.312 bits per heavy atom. The van der Waals surface area contributed by atoms with Crippen LogP contribution in [-0.2, 0) is 5.41 Å². The lowest BCUT2D eigenvalue weighted by Crippen LogP contribution is -2.30. The van der Waals surface area contributed by atoms with E-state index in [1.807, 2.05) is 0 Å². The molecule has 0 saturated heterocycles. The van der Waals surface area contributed by atoms with E-state index in [0.29, 0.717) is 0 Å². The van der Waals surface area contributed by atoms with Crippen LogP contribution in [0.2, 0.25) is 0 Å². The second-order valence-electron chi connectivity index (χ2n) is 32.1. The lowest BCUT2D eigenvalue weighted by atomic mass is 9.82. The molecule has 604 valence electrons. The minimum absolute atomic E-state index is 0.0864. The maximum atomic E-state index is 13.6. The van der Waals surface area contributed by atoms with Crippen molar-refractivity contribution in [2.45, 2.75) is 19.3 Å². The second kappa shape index (κ2) is 33.2. The van der Waals surface area contributed by atoms with Crippen LogP contribution in [0.4, 0.5) is 34.6 Å². The Morgan fingerprint density at radius 3 is 1.27 bits per heavy atom. The fourth-order valence-corrected chi connectivity index (χ4v) is 18.4. The molecule has 12 heteroatoms. The third-order valence-corrected chi connectivity index (χ3v) is 24.5. The van der Waals surface area contributed by atoms with Gasteiger partial charge in [-0.1, -0.05) is 305 Å². The summed E-state index contributed by atoms with van der Waals surface area (Å²) in [6.07, 6.45) is 0. The van der Waals surface area contributed by atoms with Gasteiger partial charge >= 0.3 is 0 Å². The van der Waals surface area contributed by atoms with Crippen LogP contribution >= 0.6 is 0 Å². The lowest BCUT2D eigenvalue weighted by Gasteiger charge is -2.28. The number of anilines is 3. The Kier molecular flexibility index (Phi) is 20.5. The predicted molar refractivity (Wildman–Crippen MR) is 514 cm³/mol. The molecule has 2 aromatic heterocycles. The summed E-state index contributed by atoms with van der Waals surface area (Å²) in [5.74, 6) is -7.11. The molecule has 0 radical (unpaired) electrons. The number of aromatic nitrogens is 3. The zero-order chi connectivity index (χ0) is 87.3. The van der Waals surface area contributed by atoms with Crippen LogP contribution in [0.1, 0.15) is 25.0 Å². The van der Waals surface area contributed by atoms with E-state index in [4.69, 9.17) is 28.7 Å². The van der Waals surface area contributed by atoms with Crippen LogP contribution in [-0.4, -0.2) is 14.1 Å². The molecule has 8 nitrogen and oxygen atoms in total. The normalized spacial score (nSPS) is 11.7. The molecule has 0 aliphatic heterocycles. The van der Waals surface area contributed by atoms with Crippen molar-refractivity contribution in [1.82, 2.24) is 14.1 Å². The first-order valence-corrected chi connectivity index (χ1v) is 41.9. The minimum atomic E-state index is -2.01. The van der Waals surface area contributed by atoms with Crippen molar-refractivity contribution in [3.05, 3.63) is 468 Å². The van der Waals surface area contributed by atoms with Crippen LogP contribution in [0.25, 0.3) is 187 Å². The molecule has 128 heavy (non-hydrogen) atoms. The van der Waals surface area contributed by atoms with Gasteiger partial charge in [0.15, 0.2) is 23.3 Å². The first-order chi connectivity index (χ1) is 62.7. The standard InChI is InChI=1S/C53H34N2.C51H38N2.C12F4N4/c1-2-16-44(17-3-1)55-50-21-11-10-20-49(50)54-53(55)38-26-22-37(23-27-38)41-30-31-47-48(34-41)52(43-29-25-36-13-5-7-15-40(36)33-43)46-19-9-8-18-45(46)51(47)42-28-24-35-12-4-6-14-39(35)32-42;1-51(2)47-19-11-9-17-43(47)44-31-30-42(34-48(44)51)52(40-26-21-36(22-27-40)35-13-5-3-6-14-35)41-28-23-37(24-29-41)38-25-32-50-46(33-38)45-18-10-12-20-49(45)53(50)39-15-7-4-8-16-39;1-19-5(3-17)7-9(13)11(15)8(6(4-18)20-2)12(16)10(7)14/h1-34H;3-34H,1-2H3;. The Bertz CT molecular complexity index is 8220. The highest BCUT2D eigenvalue weighted by atomic mass is 19.2. The third-order valence-electron chi connectivity index (χ3n) is 24.5. The average Bonchev–Trinajstić information content (AvgIpc) is 1.62. The van der Waals surface area contributed by atoms with Crippen LogP contribution < -0.4 is 15.3 Å². The number of para-hydroxylation sites is 5. The monoisotopic (exact) mass is 1650 g/mol. The van der Waals surface area contributed by atoms with Gasteiger partial charge in [-0.05, 0) is 230 Å². The largest absolute Gasteiger partial charge is 0.310 e. The minimum Gasteiger partial charge on any atom is -0.310 e. The van der Waals surface area contributed by atoms with Crippen molar-refractivity contribution in [2.75, 3.05) is 4.90 Å². The number of halogens is 4. The summed E-state index contributed by atoms with van der Waals surface area (Å²) in [6.45, 7) is 17.7. The first kappa shape index (κ1) is 79.2. The molecule has 0 amide bonds. The molecule has 1 aliphatic rings. The number of imidazole rings is 1. The summed E-state index contributed by atoms with van der Waals surface area (Å²) in [5.41, 5.74) is 26.3. The Balaban J connectivity index is 0.000000133. The molecule has 19 aromatic carbocycles. The predicted octanol–water partition coefficient (Wildman–Crippen LogP) is 29.5. The zero-order valence-corrected chi connectivity index (χ0v) is 69.2. The van der Waals surface area contributed by atoms with Crippen LogP contribution in [0.15, 0.2) is 400 Å². The molecule has 0 fully saturated rings. The van der Waals surface area contributed by atoms with E-state index in [1.165, 1.54) is 143 Å². The van der Waals surface area contributed by atoms with Crippen molar-refractivity contribution in [1.29, 1.82) is 10.5 Å².